The number of benzene rings is 1. The molecule has 1 aromatic heterocycles. The number of piperidine rings is 1. The number of imidazole rings is 1. The van der Waals surface area contributed by atoms with E-state index in [1.165, 1.54) is 18.4 Å². The Morgan fingerprint density at radius 1 is 1.26 bits per heavy atom. The highest BCUT2D eigenvalue weighted by Gasteiger charge is 2.13. The van der Waals surface area contributed by atoms with E-state index in [1.54, 1.807) is 17.0 Å². The van der Waals surface area contributed by atoms with Crippen LogP contribution in [0, 0.1) is 5.92 Å². The van der Waals surface area contributed by atoms with Crippen LogP contribution in [-0.2, 0) is 6.42 Å². The van der Waals surface area contributed by atoms with Crippen LogP contribution in [0.2, 0.25) is 0 Å². The molecule has 1 unspecified atom stereocenters. The quantitative estimate of drug-likeness (QED) is 0.879. The summed E-state index contributed by atoms with van der Waals surface area (Å²) in [5.41, 5.74) is 2.17. The standard InChI is InChI=1S/C15H19N3O/c19-15-17-8-9-18(15)14-5-3-12(4-6-14)10-13-2-1-7-16-11-13/h3-6,8-9,13,16H,1-2,7,10-11H2,(H,17,19). The summed E-state index contributed by atoms with van der Waals surface area (Å²) in [6.45, 7) is 2.28. The first-order valence-electron chi connectivity index (χ1n) is 6.89. The van der Waals surface area contributed by atoms with Gasteiger partial charge in [0.2, 0.25) is 0 Å². The number of hydrogen-bond donors (Lipinski definition) is 2. The molecule has 1 fully saturated rings. The third-order valence-corrected chi connectivity index (χ3v) is 3.79. The molecule has 2 N–H and O–H groups in total. The van der Waals surface area contributed by atoms with Crippen LogP contribution in [0.5, 0.6) is 0 Å². The minimum atomic E-state index is -0.0933. The Kier molecular flexibility index (Phi) is 3.51. The fourth-order valence-electron chi connectivity index (χ4n) is 2.75. The van der Waals surface area contributed by atoms with Gasteiger partial charge >= 0.3 is 5.69 Å². The summed E-state index contributed by atoms with van der Waals surface area (Å²) in [5.74, 6) is 0.745. The topological polar surface area (TPSA) is 49.8 Å². The van der Waals surface area contributed by atoms with Crippen molar-refractivity contribution < 1.29 is 0 Å². The van der Waals surface area contributed by atoms with Crippen molar-refractivity contribution in [3.05, 3.63) is 52.7 Å². The Hall–Kier alpha value is -1.81. The summed E-state index contributed by atoms with van der Waals surface area (Å²) in [6, 6.07) is 8.29. The number of rotatable bonds is 3. The predicted molar refractivity (Wildman–Crippen MR) is 75.7 cm³/mol. The highest BCUT2D eigenvalue weighted by molar-refractivity contribution is 5.34. The molecule has 2 heterocycles. The van der Waals surface area contributed by atoms with E-state index in [4.69, 9.17) is 0 Å². The van der Waals surface area contributed by atoms with E-state index in [2.05, 4.69) is 22.4 Å². The van der Waals surface area contributed by atoms with Gasteiger partial charge in [-0.1, -0.05) is 12.1 Å². The normalized spacial score (nSPS) is 19.5. The summed E-state index contributed by atoms with van der Waals surface area (Å²) in [4.78, 5) is 14.2. The smallest absolute Gasteiger partial charge is 0.316 e. The lowest BCUT2D eigenvalue weighted by molar-refractivity contribution is 0.376. The molecule has 0 bridgehead atoms. The molecule has 1 aliphatic heterocycles. The molecule has 1 aromatic carbocycles. The van der Waals surface area contributed by atoms with Crippen LogP contribution >= 0.6 is 0 Å². The van der Waals surface area contributed by atoms with Crippen molar-refractivity contribution >= 4 is 0 Å². The maximum absolute atomic E-state index is 11.5. The summed E-state index contributed by atoms with van der Waals surface area (Å²) in [6.07, 6.45) is 7.12. The van der Waals surface area contributed by atoms with Gasteiger partial charge in [-0.3, -0.25) is 4.57 Å². The number of aromatic amines is 1. The van der Waals surface area contributed by atoms with Gasteiger partial charge in [0.25, 0.3) is 0 Å². The number of hydrogen-bond acceptors (Lipinski definition) is 2. The summed E-state index contributed by atoms with van der Waals surface area (Å²) in [5, 5.41) is 3.45. The zero-order chi connectivity index (χ0) is 13.1. The van der Waals surface area contributed by atoms with Gasteiger partial charge in [0, 0.05) is 12.4 Å². The molecule has 0 spiro atoms. The van der Waals surface area contributed by atoms with Crippen molar-refractivity contribution in [2.75, 3.05) is 13.1 Å². The van der Waals surface area contributed by atoms with E-state index >= 15 is 0 Å². The minimum Gasteiger partial charge on any atom is -0.316 e. The second kappa shape index (κ2) is 5.45. The Labute approximate surface area is 112 Å². The Morgan fingerprint density at radius 3 is 2.74 bits per heavy atom. The maximum atomic E-state index is 11.5. The highest BCUT2D eigenvalue weighted by atomic mass is 16.1. The predicted octanol–water partition coefficient (Wildman–Crippen LogP) is 1.71. The van der Waals surface area contributed by atoms with Crippen LogP contribution in [0.25, 0.3) is 5.69 Å². The fraction of sp³-hybridized carbons (Fsp3) is 0.400. The van der Waals surface area contributed by atoms with Gasteiger partial charge in [-0.05, 0) is 56.0 Å². The summed E-state index contributed by atoms with van der Waals surface area (Å²) < 4.78 is 1.62. The molecule has 19 heavy (non-hydrogen) atoms. The average Bonchev–Trinajstić information content (AvgIpc) is 2.87. The van der Waals surface area contributed by atoms with Gasteiger partial charge < -0.3 is 10.3 Å². The second-order valence-electron chi connectivity index (χ2n) is 5.22. The van der Waals surface area contributed by atoms with E-state index in [1.807, 2.05) is 12.1 Å². The van der Waals surface area contributed by atoms with Crippen molar-refractivity contribution in [2.45, 2.75) is 19.3 Å². The number of aromatic nitrogens is 2. The molecule has 4 nitrogen and oxygen atoms in total. The highest BCUT2D eigenvalue weighted by Crippen LogP contribution is 2.17. The number of H-pyrrole nitrogens is 1. The van der Waals surface area contributed by atoms with Crippen LogP contribution in [0.1, 0.15) is 18.4 Å². The summed E-state index contributed by atoms with van der Waals surface area (Å²) in [7, 11) is 0. The molecule has 0 radical (unpaired) electrons. The van der Waals surface area contributed by atoms with Gasteiger partial charge in [-0.25, -0.2) is 4.79 Å². The molecule has 100 valence electrons. The lowest BCUT2D eigenvalue weighted by Crippen LogP contribution is -2.30. The molecule has 0 aliphatic carbocycles. The van der Waals surface area contributed by atoms with Crippen LogP contribution in [-0.4, -0.2) is 22.6 Å². The van der Waals surface area contributed by atoms with E-state index < -0.39 is 0 Å². The third kappa shape index (κ3) is 2.79. The Balaban J connectivity index is 1.72. The molecule has 1 atom stereocenters. The molecule has 0 saturated carbocycles. The van der Waals surface area contributed by atoms with E-state index in [0.717, 1.165) is 31.1 Å². The molecule has 3 rings (SSSR count). The first kappa shape index (κ1) is 12.2. The van der Waals surface area contributed by atoms with Crippen molar-refractivity contribution in [2.24, 2.45) is 5.92 Å². The zero-order valence-corrected chi connectivity index (χ0v) is 10.9. The SMILES string of the molecule is O=c1[nH]ccn1-c1ccc(CC2CCCNC2)cc1. The van der Waals surface area contributed by atoms with Crippen LogP contribution in [0.15, 0.2) is 41.5 Å². The average molecular weight is 257 g/mol. The maximum Gasteiger partial charge on any atom is 0.330 e. The third-order valence-electron chi connectivity index (χ3n) is 3.79. The van der Waals surface area contributed by atoms with E-state index in [9.17, 15) is 4.79 Å². The van der Waals surface area contributed by atoms with Crippen molar-refractivity contribution in [3.63, 3.8) is 0 Å². The number of nitrogens with zero attached hydrogens (tertiary/aromatic N) is 1. The molecular weight excluding hydrogens is 238 g/mol. The summed E-state index contributed by atoms with van der Waals surface area (Å²) >= 11 is 0. The first-order chi connectivity index (χ1) is 9.33. The molecule has 2 aromatic rings. The Bertz CT molecular complexity index is 576. The van der Waals surface area contributed by atoms with Crippen molar-refractivity contribution in [3.8, 4) is 5.69 Å². The lowest BCUT2D eigenvalue weighted by atomic mass is 9.92. The monoisotopic (exact) mass is 257 g/mol. The van der Waals surface area contributed by atoms with E-state index in [-0.39, 0.29) is 5.69 Å². The van der Waals surface area contributed by atoms with Gasteiger partial charge in [0.15, 0.2) is 0 Å². The second-order valence-corrected chi connectivity index (χ2v) is 5.22. The largest absolute Gasteiger partial charge is 0.330 e. The van der Waals surface area contributed by atoms with E-state index in [0.29, 0.717) is 0 Å². The minimum absolute atomic E-state index is 0.0933. The molecule has 4 heteroatoms. The lowest BCUT2D eigenvalue weighted by Gasteiger charge is -2.22. The zero-order valence-electron chi connectivity index (χ0n) is 10.9. The Morgan fingerprint density at radius 2 is 2.11 bits per heavy atom. The van der Waals surface area contributed by atoms with Crippen LogP contribution in [0.4, 0.5) is 0 Å². The molecule has 0 amide bonds. The van der Waals surface area contributed by atoms with Gasteiger partial charge in [0.05, 0.1) is 5.69 Å². The van der Waals surface area contributed by atoms with Gasteiger partial charge in [0.1, 0.15) is 0 Å². The molecular formula is C15H19N3O. The van der Waals surface area contributed by atoms with Crippen LogP contribution in [0.3, 0.4) is 0 Å². The number of nitrogens with one attached hydrogen (secondary N) is 2. The van der Waals surface area contributed by atoms with Crippen LogP contribution < -0.4 is 11.0 Å². The van der Waals surface area contributed by atoms with Crippen molar-refractivity contribution in [1.82, 2.24) is 14.9 Å². The van der Waals surface area contributed by atoms with Gasteiger partial charge in [-0.15, -0.1) is 0 Å². The molecule has 1 saturated heterocycles. The van der Waals surface area contributed by atoms with Gasteiger partial charge in [-0.2, -0.15) is 0 Å². The first-order valence-corrected chi connectivity index (χ1v) is 6.89. The molecule has 1 aliphatic rings. The van der Waals surface area contributed by atoms with Crippen molar-refractivity contribution in [1.29, 1.82) is 0 Å². The fourth-order valence-corrected chi connectivity index (χ4v) is 2.75.